The first kappa shape index (κ1) is 15.6. The first-order chi connectivity index (χ1) is 5.71. The Morgan fingerprint density at radius 1 is 1.38 bits per heavy atom. The van der Waals surface area contributed by atoms with E-state index < -0.39 is 21.5 Å². The molecule has 0 rings (SSSR count). The lowest BCUT2D eigenvalue weighted by Crippen LogP contribution is -2.23. The summed E-state index contributed by atoms with van der Waals surface area (Å²) in [5.41, 5.74) is -0.692. The van der Waals surface area contributed by atoms with E-state index in [9.17, 15) is 14.4 Å². The molecule has 0 aromatic carbocycles. The van der Waals surface area contributed by atoms with Gasteiger partial charge in [-0.25, -0.2) is 0 Å². The Morgan fingerprint density at radius 2 is 1.69 bits per heavy atom. The summed E-state index contributed by atoms with van der Waals surface area (Å²) >= 11 is 0. The van der Waals surface area contributed by atoms with Gasteiger partial charge in [0, 0.05) is 0 Å². The molecule has 0 fully saturated rings. The van der Waals surface area contributed by atoms with Crippen LogP contribution >= 0.6 is 15.9 Å². The van der Waals surface area contributed by atoms with Crippen LogP contribution in [0.2, 0.25) is 0 Å². The van der Waals surface area contributed by atoms with Crippen molar-refractivity contribution in [3.8, 4) is 0 Å². The Labute approximate surface area is 77.7 Å². The maximum Gasteiger partial charge on any atom is 0.276 e. The molecule has 0 spiro atoms. The van der Waals surface area contributed by atoms with Gasteiger partial charge in [0.05, 0.1) is 0 Å². The van der Waals surface area contributed by atoms with Crippen molar-refractivity contribution in [1.82, 2.24) is 0 Å². The second-order valence-electron chi connectivity index (χ2n) is 2.40. The zero-order valence-corrected chi connectivity index (χ0v) is 9.12. The Hall–Kier alpha value is 0.170. The quantitative estimate of drug-likeness (QED) is 0.539. The molecule has 0 aliphatic heterocycles. The zero-order valence-electron chi connectivity index (χ0n) is 7.34. The third-order valence-corrected chi connectivity index (χ3v) is 2.58. The summed E-state index contributed by atoms with van der Waals surface area (Å²) in [4.78, 5) is 37.3. The Bertz CT molecular complexity index is 183. The van der Waals surface area contributed by atoms with E-state index >= 15 is 0 Å². The van der Waals surface area contributed by atoms with Gasteiger partial charge in [0.1, 0.15) is 0 Å². The molecular formula is C5H11O6P2-3. The summed E-state index contributed by atoms with van der Waals surface area (Å²) in [6.45, 7) is 3.30. The van der Waals surface area contributed by atoms with E-state index in [1.165, 1.54) is 6.92 Å². The number of hydrogen-bond donors (Lipinski definition) is 0. The van der Waals surface area contributed by atoms with Crippen LogP contribution in [-0.2, 0) is 9.13 Å². The monoisotopic (exact) mass is 229 g/mol. The highest BCUT2D eigenvalue weighted by Gasteiger charge is 2.02. The van der Waals surface area contributed by atoms with Gasteiger partial charge in [0.2, 0.25) is 0 Å². The average Bonchev–Trinajstić information content (AvgIpc) is 1.84. The lowest BCUT2D eigenvalue weighted by Gasteiger charge is -2.35. The van der Waals surface area contributed by atoms with Crippen LogP contribution in [0.25, 0.3) is 0 Å². The number of hydrogen-bond acceptors (Lipinski definition) is 6. The molecule has 0 heterocycles. The van der Waals surface area contributed by atoms with E-state index in [0.717, 1.165) is 6.42 Å². The minimum Gasteiger partial charge on any atom is -0.811 e. The second kappa shape index (κ2) is 7.56. The van der Waals surface area contributed by atoms with E-state index in [1.807, 2.05) is 6.92 Å². The summed E-state index contributed by atoms with van der Waals surface area (Å²) in [5.74, 6) is 0. The maximum atomic E-state index is 10.2. The molecule has 0 aromatic heterocycles. The molecule has 0 aromatic rings. The van der Waals surface area contributed by atoms with Gasteiger partial charge in [-0.05, 0) is 12.1 Å². The summed E-state index contributed by atoms with van der Waals surface area (Å²) in [5, 5.41) is 0. The van der Waals surface area contributed by atoms with E-state index in [1.54, 1.807) is 0 Å². The van der Waals surface area contributed by atoms with Crippen LogP contribution < -0.4 is 19.6 Å². The molecule has 0 aliphatic carbocycles. The lowest BCUT2D eigenvalue weighted by atomic mass is 10.3. The Balaban J connectivity index is 0. The van der Waals surface area contributed by atoms with Crippen molar-refractivity contribution in [1.29, 1.82) is 0 Å². The highest BCUT2D eigenvalue weighted by molar-refractivity contribution is 7.49. The van der Waals surface area contributed by atoms with Crippen molar-refractivity contribution in [3.63, 3.8) is 0 Å². The van der Waals surface area contributed by atoms with Crippen molar-refractivity contribution in [2.24, 2.45) is 0 Å². The molecule has 0 saturated heterocycles. The van der Waals surface area contributed by atoms with E-state index in [-0.39, 0.29) is 0 Å². The smallest absolute Gasteiger partial charge is 0.276 e. The predicted molar refractivity (Wildman–Crippen MR) is 39.6 cm³/mol. The lowest BCUT2D eigenvalue weighted by molar-refractivity contribution is -0.316. The number of rotatable bonds is 3. The largest absolute Gasteiger partial charge is 0.811 e. The minimum atomic E-state index is -4.27. The molecule has 80 valence electrons. The van der Waals surface area contributed by atoms with Crippen molar-refractivity contribution < 1.29 is 28.7 Å². The molecule has 0 aliphatic rings. The van der Waals surface area contributed by atoms with E-state index in [2.05, 4.69) is 0 Å². The summed E-state index contributed by atoms with van der Waals surface area (Å²) in [7, 11) is -7.64. The van der Waals surface area contributed by atoms with Crippen molar-refractivity contribution >= 4 is 15.9 Å². The van der Waals surface area contributed by atoms with Gasteiger partial charge in [-0.3, -0.25) is 0 Å². The average molecular weight is 229 g/mol. The fraction of sp³-hybridized carbons (Fsp3) is 1.00. The second-order valence-corrected chi connectivity index (χ2v) is 4.81. The van der Waals surface area contributed by atoms with Crippen LogP contribution in [0.15, 0.2) is 0 Å². The molecule has 1 atom stereocenters. The first-order valence-corrected chi connectivity index (χ1v) is 6.25. The minimum absolute atomic E-state index is 0.476. The zero-order chi connectivity index (χ0) is 11.1. The maximum absolute atomic E-state index is 10.2. The molecule has 0 bridgehead atoms. The third-order valence-electron chi connectivity index (χ3n) is 1.25. The SMILES string of the molecule is CCCC(C)P(=O)([O-])[O-].O=[P+]([O-])[O-]. The molecule has 8 heteroatoms. The van der Waals surface area contributed by atoms with Gasteiger partial charge >= 0.3 is 0 Å². The standard InChI is InChI=1S/C5H13O3P.HO3P/c1-3-4-5(2)9(6,7)8;1-4(2)3/h5H,3-4H2,1-2H3,(H2,6,7,8);(H,1,2,3)/p-3. The summed E-state index contributed by atoms with van der Waals surface area (Å²) < 4.78 is 18.7. The van der Waals surface area contributed by atoms with Crippen LogP contribution in [0.4, 0.5) is 0 Å². The van der Waals surface area contributed by atoms with Gasteiger partial charge in [0.15, 0.2) is 0 Å². The summed E-state index contributed by atoms with van der Waals surface area (Å²) in [6.07, 6.45) is 1.22. The molecule has 1 unspecified atom stereocenters. The van der Waals surface area contributed by atoms with E-state index in [4.69, 9.17) is 14.4 Å². The molecule has 0 saturated carbocycles. The third kappa shape index (κ3) is 15.0. The molecule has 0 N–H and O–H groups in total. The van der Waals surface area contributed by atoms with Crippen molar-refractivity contribution in [3.05, 3.63) is 0 Å². The van der Waals surface area contributed by atoms with Gasteiger partial charge in [-0.2, -0.15) is 0 Å². The van der Waals surface area contributed by atoms with Gasteiger partial charge in [-0.15, -0.1) is 0 Å². The highest BCUT2D eigenvalue weighted by Crippen LogP contribution is 2.33. The Kier molecular flexibility index (Phi) is 9.09. The molecule has 13 heavy (non-hydrogen) atoms. The molecule has 0 radical (unpaired) electrons. The summed E-state index contributed by atoms with van der Waals surface area (Å²) in [6, 6.07) is 0. The Morgan fingerprint density at radius 3 is 1.77 bits per heavy atom. The highest BCUT2D eigenvalue weighted by atomic mass is 31.2. The normalized spacial score (nSPS) is 12.8. The fourth-order valence-corrected chi connectivity index (χ4v) is 1.15. The molecular weight excluding hydrogens is 218 g/mol. The molecule has 0 amide bonds. The van der Waals surface area contributed by atoms with Crippen molar-refractivity contribution in [2.45, 2.75) is 32.3 Å². The van der Waals surface area contributed by atoms with Crippen LogP contribution in [0.5, 0.6) is 0 Å². The predicted octanol–water partition coefficient (Wildman–Crippen LogP) is -1.55. The van der Waals surface area contributed by atoms with Crippen LogP contribution in [-0.4, -0.2) is 5.66 Å². The van der Waals surface area contributed by atoms with Gasteiger partial charge in [-0.1, -0.05) is 32.4 Å². The van der Waals surface area contributed by atoms with Gasteiger partial charge < -0.3 is 24.1 Å². The molecule has 6 nitrogen and oxygen atoms in total. The van der Waals surface area contributed by atoms with Gasteiger partial charge in [0.25, 0.3) is 8.25 Å². The van der Waals surface area contributed by atoms with E-state index in [0.29, 0.717) is 6.42 Å². The topological polar surface area (TPSA) is 126 Å². The van der Waals surface area contributed by atoms with Crippen LogP contribution in [0, 0.1) is 0 Å². The first-order valence-electron chi connectivity index (χ1n) is 3.55. The van der Waals surface area contributed by atoms with Crippen LogP contribution in [0.1, 0.15) is 26.7 Å². The van der Waals surface area contributed by atoms with Crippen molar-refractivity contribution in [2.75, 3.05) is 0 Å². The van der Waals surface area contributed by atoms with Crippen LogP contribution in [0.3, 0.4) is 0 Å². The fourth-order valence-electron chi connectivity index (χ4n) is 0.576.